The van der Waals surface area contributed by atoms with Crippen LogP contribution < -0.4 is 0 Å². The van der Waals surface area contributed by atoms with Gasteiger partial charge in [-0.25, -0.2) is 4.79 Å². The highest BCUT2D eigenvalue weighted by Crippen LogP contribution is 2.54. The van der Waals surface area contributed by atoms with Crippen molar-refractivity contribution in [2.24, 2.45) is 17.3 Å². The number of allylic oxidation sites excluding steroid dienone is 3. The van der Waals surface area contributed by atoms with E-state index in [4.69, 9.17) is 14.2 Å². The first-order valence-corrected chi connectivity index (χ1v) is 12.2. The Bertz CT molecular complexity index is 773. The molecule has 3 aliphatic rings. The summed E-state index contributed by atoms with van der Waals surface area (Å²) >= 11 is 0. The number of hydrogen-bond acceptors (Lipinski definition) is 7. The summed E-state index contributed by atoms with van der Waals surface area (Å²) in [7, 11) is 0. The zero-order valence-electron chi connectivity index (χ0n) is 20.9. The number of rotatable bonds is 6. The van der Waals surface area contributed by atoms with E-state index in [-0.39, 0.29) is 12.5 Å². The van der Waals surface area contributed by atoms with Crippen LogP contribution in [0.3, 0.4) is 0 Å². The van der Waals surface area contributed by atoms with Gasteiger partial charge in [0.1, 0.15) is 31.0 Å². The van der Waals surface area contributed by atoms with Crippen LogP contribution >= 0.6 is 0 Å². The van der Waals surface area contributed by atoms with E-state index in [1.54, 1.807) is 19.9 Å². The molecule has 8 atom stereocenters. The summed E-state index contributed by atoms with van der Waals surface area (Å²) in [5.74, 6) is 0.248. The quantitative estimate of drug-likeness (QED) is 0.313. The van der Waals surface area contributed by atoms with Crippen LogP contribution in [0.15, 0.2) is 23.3 Å². The number of esters is 1. The van der Waals surface area contributed by atoms with Gasteiger partial charge < -0.3 is 29.5 Å². The second kappa shape index (κ2) is 10.2. The maximum absolute atomic E-state index is 12.0. The molecule has 1 saturated carbocycles. The van der Waals surface area contributed by atoms with Crippen molar-refractivity contribution in [3.8, 4) is 0 Å². The smallest absolute Gasteiger partial charge is 0.333 e. The number of carbonyl (C=O) groups excluding carboxylic acids is 1. The van der Waals surface area contributed by atoms with Crippen LogP contribution in [0.25, 0.3) is 0 Å². The highest BCUT2D eigenvalue weighted by atomic mass is 16.7. The van der Waals surface area contributed by atoms with E-state index >= 15 is 0 Å². The van der Waals surface area contributed by atoms with Crippen molar-refractivity contribution in [1.82, 2.24) is 0 Å². The van der Waals surface area contributed by atoms with E-state index in [9.17, 15) is 20.1 Å². The van der Waals surface area contributed by atoms with E-state index in [2.05, 4.69) is 19.9 Å². The fraction of sp³-hybridized carbons (Fsp3) is 0.808. The predicted molar refractivity (Wildman–Crippen MR) is 124 cm³/mol. The van der Waals surface area contributed by atoms with E-state index in [0.717, 1.165) is 25.7 Å². The standard InChI is InChI=1S/C26H42O7/c1-7-15(2)23(30)31-14-19-20(27)21(28)22(29)24(32-19)33-25(4,5)17-10-12-26(6)11-8-9-16(3)18(26)13-17/h7,9,17-22,24,27-29H,8,10-14H2,1-6H3. The topological polar surface area (TPSA) is 105 Å². The number of carbonyl (C=O) groups is 1. The van der Waals surface area contributed by atoms with Crippen LogP contribution in [0.5, 0.6) is 0 Å². The molecule has 2 fully saturated rings. The van der Waals surface area contributed by atoms with Gasteiger partial charge >= 0.3 is 5.97 Å². The molecule has 8 unspecified atom stereocenters. The fourth-order valence-corrected chi connectivity index (χ4v) is 5.74. The highest BCUT2D eigenvalue weighted by Gasteiger charge is 2.50. The average Bonchev–Trinajstić information content (AvgIpc) is 2.77. The molecular formula is C26H42O7. The summed E-state index contributed by atoms with van der Waals surface area (Å²) in [6.07, 6.45) is 3.08. The maximum atomic E-state index is 12.0. The van der Waals surface area contributed by atoms with Crippen LogP contribution in [0.2, 0.25) is 0 Å². The molecule has 7 heteroatoms. The molecule has 1 saturated heterocycles. The molecule has 0 radical (unpaired) electrons. The molecule has 0 aromatic carbocycles. The molecule has 0 aromatic heterocycles. The van der Waals surface area contributed by atoms with Gasteiger partial charge in [0.25, 0.3) is 0 Å². The van der Waals surface area contributed by atoms with Crippen LogP contribution in [0.1, 0.15) is 73.6 Å². The van der Waals surface area contributed by atoms with E-state index in [1.807, 2.05) is 13.8 Å². The first kappa shape index (κ1) is 26.4. The Kier molecular flexibility index (Phi) is 8.12. The largest absolute Gasteiger partial charge is 0.459 e. The molecule has 188 valence electrons. The van der Waals surface area contributed by atoms with Gasteiger partial charge in [0.05, 0.1) is 5.60 Å². The molecule has 1 aliphatic heterocycles. The fourth-order valence-electron chi connectivity index (χ4n) is 5.74. The Morgan fingerprint density at radius 2 is 1.94 bits per heavy atom. The van der Waals surface area contributed by atoms with Gasteiger partial charge in [0, 0.05) is 5.57 Å². The van der Waals surface area contributed by atoms with Crippen molar-refractivity contribution < 1.29 is 34.3 Å². The average molecular weight is 467 g/mol. The minimum absolute atomic E-state index is 0.247. The molecule has 0 aromatic rings. The normalized spacial score (nSPS) is 40.1. The van der Waals surface area contributed by atoms with E-state index in [1.165, 1.54) is 12.0 Å². The van der Waals surface area contributed by atoms with Gasteiger partial charge in [-0.05, 0) is 84.0 Å². The third kappa shape index (κ3) is 5.54. The Hall–Kier alpha value is -1.25. The van der Waals surface area contributed by atoms with Gasteiger partial charge in [-0.3, -0.25) is 0 Å². The molecule has 2 aliphatic carbocycles. The first-order valence-electron chi connectivity index (χ1n) is 12.2. The van der Waals surface area contributed by atoms with Crippen molar-refractivity contribution in [2.45, 2.75) is 110 Å². The summed E-state index contributed by atoms with van der Waals surface area (Å²) in [6.45, 7) is 11.7. The van der Waals surface area contributed by atoms with Crippen molar-refractivity contribution in [2.75, 3.05) is 6.61 Å². The number of ether oxygens (including phenoxy) is 3. The summed E-state index contributed by atoms with van der Waals surface area (Å²) < 4.78 is 17.3. The summed E-state index contributed by atoms with van der Waals surface area (Å²) in [5.41, 5.74) is 1.60. The molecule has 7 nitrogen and oxygen atoms in total. The molecular weight excluding hydrogens is 424 g/mol. The lowest BCUT2D eigenvalue weighted by atomic mass is 9.56. The lowest BCUT2D eigenvalue weighted by Gasteiger charge is -2.52. The maximum Gasteiger partial charge on any atom is 0.333 e. The lowest BCUT2D eigenvalue weighted by Crippen LogP contribution is -2.61. The van der Waals surface area contributed by atoms with Crippen LogP contribution in [0.4, 0.5) is 0 Å². The Morgan fingerprint density at radius 1 is 1.24 bits per heavy atom. The van der Waals surface area contributed by atoms with Gasteiger partial charge in [-0.2, -0.15) is 0 Å². The van der Waals surface area contributed by atoms with Gasteiger partial charge in [0.2, 0.25) is 0 Å². The Morgan fingerprint density at radius 3 is 2.61 bits per heavy atom. The van der Waals surface area contributed by atoms with Gasteiger partial charge in [-0.15, -0.1) is 0 Å². The number of hydrogen-bond donors (Lipinski definition) is 3. The molecule has 0 amide bonds. The van der Waals surface area contributed by atoms with Crippen molar-refractivity contribution in [3.05, 3.63) is 23.3 Å². The zero-order valence-corrected chi connectivity index (χ0v) is 20.9. The highest BCUT2D eigenvalue weighted by molar-refractivity contribution is 5.87. The number of fused-ring (bicyclic) bond motifs is 1. The Balaban J connectivity index is 1.68. The molecule has 0 spiro atoms. The minimum Gasteiger partial charge on any atom is -0.459 e. The van der Waals surface area contributed by atoms with Crippen molar-refractivity contribution in [1.29, 1.82) is 0 Å². The van der Waals surface area contributed by atoms with E-state index < -0.39 is 42.3 Å². The predicted octanol–water partition coefficient (Wildman–Crippen LogP) is 3.26. The number of aliphatic hydroxyl groups excluding tert-OH is 3. The second-order valence-corrected chi connectivity index (χ2v) is 11.0. The molecule has 33 heavy (non-hydrogen) atoms. The van der Waals surface area contributed by atoms with Gasteiger partial charge in [0.15, 0.2) is 6.29 Å². The SMILES string of the molecule is CC=C(C)C(=O)OCC1OC(OC(C)(C)C2CCC3(C)CCC=C(C)C3C2)C(O)C(O)C1O. The van der Waals surface area contributed by atoms with Crippen molar-refractivity contribution in [3.63, 3.8) is 0 Å². The first-order chi connectivity index (χ1) is 15.4. The number of aliphatic hydroxyl groups is 3. The lowest BCUT2D eigenvalue weighted by molar-refractivity contribution is -0.330. The molecule has 3 rings (SSSR count). The van der Waals surface area contributed by atoms with E-state index in [0.29, 0.717) is 16.9 Å². The third-order valence-corrected chi connectivity index (χ3v) is 8.36. The van der Waals surface area contributed by atoms with Crippen LogP contribution in [-0.4, -0.2) is 64.2 Å². The van der Waals surface area contributed by atoms with Crippen LogP contribution in [-0.2, 0) is 19.0 Å². The van der Waals surface area contributed by atoms with Crippen molar-refractivity contribution >= 4 is 5.97 Å². The molecule has 1 heterocycles. The third-order valence-electron chi connectivity index (χ3n) is 8.36. The second-order valence-electron chi connectivity index (χ2n) is 11.0. The summed E-state index contributed by atoms with van der Waals surface area (Å²) in [4.78, 5) is 12.0. The van der Waals surface area contributed by atoms with Crippen LogP contribution in [0, 0.1) is 17.3 Å². The zero-order chi connectivity index (χ0) is 24.6. The molecule has 0 bridgehead atoms. The minimum atomic E-state index is -1.47. The Labute approximate surface area is 197 Å². The van der Waals surface area contributed by atoms with Gasteiger partial charge in [-0.1, -0.05) is 24.6 Å². The summed E-state index contributed by atoms with van der Waals surface area (Å²) in [5, 5.41) is 31.4. The summed E-state index contributed by atoms with van der Waals surface area (Å²) in [6, 6.07) is 0. The molecule has 3 N–H and O–H groups in total. The monoisotopic (exact) mass is 466 g/mol.